The van der Waals surface area contributed by atoms with E-state index in [1.165, 1.54) is 12.0 Å². The first-order valence-corrected chi connectivity index (χ1v) is 4.70. The molecule has 0 bridgehead atoms. The zero-order valence-corrected chi connectivity index (χ0v) is 8.65. The topological polar surface area (TPSA) is 55.6 Å². The summed E-state index contributed by atoms with van der Waals surface area (Å²) >= 11 is 0. The Morgan fingerprint density at radius 3 is 2.43 bits per heavy atom. The number of rotatable bonds is 3. The van der Waals surface area contributed by atoms with Gasteiger partial charge in [-0.3, -0.25) is 4.90 Å². The molecule has 1 heterocycles. The largest absolute Gasteiger partial charge is 0.467 e. The van der Waals surface area contributed by atoms with E-state index in [1.54, 1.807) is 6.92 Å². The van der Waals surface area contributed by atoms with Crippen LogP contribution in [0.5, 0.6) is 0 Å². The van der Waals surface area contributed by atoms with E-state index in [9.17, 15) is 9.59 Å². The van der Waals surface area contributed by atoms with Crippen molar-refractivity contribution < 1.29 is 19.1 Å². The van der Waals surface area contributed by atoms with Gasteiger partial charge in [-0.05, 0) is 13.3 Å². The Labute approximate surface area is 83.0 Å². The van der Waals surface area contributed by atoms with Crippen LogP contribution < -0.4 is 0 Å². The number of amides is 1. The SMILES string of the molecule is CCOC(=O)N1[C@H](CC)[C@H]1C(=O)OC. The molecule has 5 heteroatoms. The van der Waals surface area contributed by atoms with Gasteiger partial charge in [0.05, 0.1) is 19.8 Å². The highest BCUT2D eigenvalue weighted by atomic mass is 16.6. The van der Waals surface area contributed by atoms with Crippen LogP contribution in [0.2, 0.25) is 0 Å². The first kappa shape index (κ1) is 10.8. The highest BCUT2D eigenvalue weighted by Crippen LogP contribution is 2.32. The number of ether oxygens (including phenoxy) is 2. The van der Waals surface area contributed by atoms with Gasteiger partial charge in [0.2, 0.25) is 0 Å². The molecule has 1 rings (SSSR count). The summed E-state index contributed by atoms with van der Waals surface area (Å²) in [5.41, 5.74) is 0. The maximum absolute atomic E-state index is 11.3. The normalized spacial score (nSPS) is 24.4. The van der Waals surface area contributed by atoms with Gasteiger partial charge in [-0.25, -0.2) is 9.59 Å². The second-order valence-electron chi connectivity index (χ2n) is 3.05. The predicted octanol–water partition coefficient (Wildman–Crippen LogP) is 0.779. The van der Waals surface area contributed by atoms with E-state index in [0.717, 1.165) is 6.42 Å². The van der Waals surface area contributed by atoms with Gasteiger partial charge in [0.1, 0.15) is 0 Å². The molecule has 0 unspecified atom stereocenters. The molecule has 5 nitrogen and oxygen atoms in total. The molecule has 0 radical (unpaired) electrons. The van der Waals surface area contributed by atoms with Crippen LogP contribution >= 0.6 is 0 Å². The minimum absolute atomic E-state index is 0.0542. The number of hydrogen-bond donors (Lipinski definition) is 0. The Bertz CT molecular complexity index is 241. The Morgan fingerprint density at radius 1 is 1.36 bits per heavy atom. The summed E-state index contributed by atoms with van der Waals surface area (Å²) in [5.74, 6) is -0.370. The summed E-state index contributed by atoms with van der Waals surface area (Å²) in [4.78, 5) is 23.9. The van der Waals surface area contributed by atoms with Crippen LogP contribution in [0, 0.1) is 0 Å². The third-order valence-corrected chi connectivity index (χ3v) is 2.27. The molecular formula is C9H15NO4. The summed E-state index contributed by atoms with van der Waals surface area (Å²) in [7, 11) is 1.32. The van der Waals surface area contributed by atoms with Gasteiger partial charge in [-0.1, -0.05) is 6.92 Å². The summed E-state index contributed by atoms with van der Waals surface area (Å²) < 4.78 is 9.38. The smallest absolute Gasteiger partial charge is 0.410 e. The van der Waals surface area contributed by atoms with Crippen molar-refractivity contribution in [2.45, 2.75) is 32.4 Å². The molecule has 80 valence electrons. The molecule has 14 heavy (non-hydrogen) atoms. The first-order chi connectivity index (χ1) is 6.67. The number of esters is 1. The Morgan fingerprint density at radius 2 is 2.00 bits per heavy atom. The fraction of sp³-hybridized carbons (Fsp3) is 0.778. The second-order valence-corrected chi connectivity index (χ2v) is 3.05. The van der Waals surface area contributed by atoms with Gasteiger partial charge in [0.15, 0.2) is 6.04 Å². The van der Waals surface area contributed by atoms with Gasteiger partial charge in [0, 0.05) is 0 Å². The lowest BCUT2D eigenvalue weighted by Crippen LogP contribution is -2.20. The van der Waals surface area contributed by atoms with Crippen LogP contribution in [-0.4, -0.2) is 42.8 Å². The standard InChI is InChI=1S/C9H15NO4/c1-4-6-7(8(11)13-3)10(6)9(12)14-5-2/h6-7H,4-5H2,1-3H3/t6-,7+,10?/m1/s1. The Balaban J connectivity index is 2.55. The summed E-state index contributed by atoms with van der Waals surface area (Å²) in [6.45, 7) is 3.97. The van der Waals surface area contributed by atoms with E-state index < -0.39 is 12.1 Å². The quantitative estimate of drug-likeness (QED) is 0.500. The number of nitrogens with zero attached hydrogens (tertiary/aromatic N) is 1. The van der Waals surface area contributed by atoms with Crippen LogP contribution in [0.15, 0.2) is 0 Å². The monoisotopic (exact) mass is 201 g/mol. The van der Waals surface area contributed by atoms with E-state index in [0.29, 0.717) is 6.61 Å². The minimum Gasteiger partial charge on any atom is -0.467 e. The molecule has 0 aliphatic carbocycles. The highest BCUT2D eigenvalue weighted by molar-refractivity contribution is 5.88. The maximum Gasteiger partial charge on any atom is 0.410 e. The lowest BCUT2D eigenvalue weighted by atomic mass is 10.3. The van der Waals surface area contributed by atoms with Crippen molar-refractivity contribution in [1.29, 1.82) is 0 Å². The molecule has 0 aromatic carbocycles. The molecular weight excluding hydrogens is 186 g/mol. The summed E-state index contributed by atoms with van der Waals surface area (Å²) in [6.07, 6.45) is 0.299. The average molecular weight is 201 g/mol. The third-order valence-electron chi connectivity index (χ3n) is 2.27. The van der Waals surface area contributed by atoms with Gasteiger partial charge >= 0.3 is 12.1 Å². The van der Waals surface area contributed by atoms with Crippen molar-refractivity contribution in [2.75, 3.05) is 13.7 Å². The molecule has 0 N–H and O–H groups in total. The fourth-order valence-electron chi connectivity index (χ4n) is 1.54. The van der Waals surface area contributed by atoms with Crippen molar-refractivity contribution >= 4 is 12.1 Å². The average Bonchev–Trinajstić information content (AvgIpc) is 2.91. The summed E-state index contributed by atoms with van der Waals surface area (Å²) in [5, 5.41) is 0. The van der Waals surface area contributed by atoms with Gasteiger partial charge < -0.3 is 9.47 Å². The molecule has 0 spiro atoms. The van der Waals surface area contributed by atoms with Crippen molar-refractivity contribution in [1.82, 2.24) is 4.90 Å². The number of carbonyl (C=O) groups is 2. The summed E-state index contributed by atoms with van der Waals surface area (Å²) in [6, 6.07) is -0.495. The van der Waals surface area contributed by atoms with Crippen molar-refractivity contribution in [3.05, 3.63) is 0 Å². The van der Waals surface area contributed by atoms with Gasteiger partial charge in [-0.15, -0.1) is 0 Å². The zero-order valence-electron chi connectivity index (χ0n) is 8.65. The Kier molecular flexibility index (Phi) is 3.33. The lowest BCUT2D eigenvalue weighted by Gasteiger charge is -2.03. The lowest BCUT2D eigenvalue weighted by molar-refractivity contribution is -0.140. The molecule has 1 aliphatic heterocycles. The molecule has 0 aromatic heterocycles. The molecule has 1 fully saturated rings. The van der Waals surface area contributed by atoms with E-state index in [-0.39, 0.29) is 12.0 Å². The van der Waals surface area contributed by atoms with Crippen LogP contribution in [0.25, 0.3) is 0 Å². The molecule has 0 aromatic rings. The van der Waals surface area contributed by atoms with Gasteiger partial charge in [0.25, 0.3) is 0 Å². The third kappa shape index (κ3) is 1.81. The number of hydrogen-bond acceptors (Lipinski definition) is 4. The number of methoxy groups -OCH3 is 1. The van der Waals surface area contributed by atoms with Crippen LogP contribution in [-0.2, 0) is 14.3 Å². The molecule has 0 saturated carbocycles. The zero-order chi connectivity index (χ0) is 10.7. The second kappa shape index (κ2) is 4.30. The van der Waals surface area contributed by atoms with Gasteiger partial charge in [-0.2, -0.15) is 0 Å². The fourth-order valence-corrected chi connectivity index (χ4v) is 1.54. The molecule has 2 atom stereocenters. The molecule has 1 saturated heterocycles. The van der Waals surface area contributed by atoms with E-state index in [2.05, 4.69) is 4.74 Å². The van der Waals surface area contributed by atoms with E-state index >= 15 is 0 Å². The van der Waals surface area contributed by atoms with Crippen LogP contribution in [0.4, 0.5) is 4.79 Å². The van der Waals surface area contributed by atoms with Crippen molar-refractivity contribution in [3.63, 3.8) is 0 Å². The van der Waals surface area contributed by atoms with Crippen molar-refractivity contribution in [2.24, 2.45) is 0 Å². The Hall–Kier alpha value is -1.26. The number of carbonyl (C=O) groups excluding carboxylic acids is 2. The van der Waals surface area contributed by atoms with Crippen molar-refractivity contribution in [3.8, 4) is 0 Å². The van der Waals surface area contributed by atoms with E-state index in [4.69, 9.17) is 4.74 Å². The molecule has 1 aliphatic rings. The van der Waals surface area contributed by atoms with E-state index in [1.807, 2.05) is 6.92 Å². The minimum atomic E-state index is -0.441. The van der Waals surface area contributed by atoms with Crippen LogP contribution in [0.1, 0.15) is 20.3 Å². The predicted molar refractivity (Wildman–Crippen MR) is 48.7 cm³/mol. The van der Waals surface area contributed by atoms with Crippen LogP contribution in [0.3, 0.4) is 0 Å². The molecule has 1 amide bonds. The first-order valence-electron chi connectivity index (χ1n) is 4.70. The highest BCUT2D eigenvalue weighted by Gasteiger charge is 2.56. The maximum atomic E-state index is 11.3.